The van der Waals surface area contributed by atoms with E-state index in [1.807, 2.05) is 0 Å². The van der Waals surface area contributed by atoms with E-state index in [0.717, 1.165) is 68.5 Å². The molecular formula is C25H40N6O. The molecule has 176 valence electrons. The Kier molecular flexibility index (Phi) is 9.56. The molecule has 1 aromatic heterocycles. The Bertz CT molecular complexity index is 815. The van der Waals surface area contributed by atoms with E-state index in [1.54, 1.807) is 0 Å². The number of nitrogens with one attached hydrogen (secondary N) is 2. The molecule has 1 fully saturated rings. The summed E-state index contributed by atoms with van der Waals surface area (Å²) in [7, 11) is 0. The number of aromatic nitrogens is 1. The fourth-order valence-corrected chi connectivity index (χ4v) is 4.09. The molecule has 32 heavy (non-hydrogen) atoms. The van der Waals surface area contributed by atoms with E-state index in [2.05, 4.69) is 77.6 Å². The van der Waals surface area contributed by atoms with Crippen LogP contribution in [-0.2, 0) is 32.5 Å². The van der Waals surface area contributed by atoms with Crippen LogP contribution in [0, 0.1) is 0 Å². The molecule has 1 saturated heterocycles. The second kappa shape index (κ2) is 12.6. The lowest BCUT2D eigenvalue weighted by atomic mass is 10.1. The summed E-state index contributed by atoms with van der Waals surface area (Å²) < 4.78 is 5.48. The maximum atomic E-state index is 5.48. The van der Waals surface area contributed by atoms with Crippen LogP contribution in [0.5, 0.6) is 0 Å². The van der Waals surface area contributed by atoms with Gasteiger partial charge in [0.25, 0.3) is 0 Å². The number of aryl methyl sites for hydroxylation is 2. The van der Waals surface area contributed by atoms with Gasteiger partial charge in [0.1, 0.15) is 5.76 Å². The zero-order valence-electron chi connectivity index (χ0n) is 20.3. The molecule has 2 N–H and O–H groups in total. The number of nitrogens with zero attached hydrogens (tertiary/aromatic N) is 4. The summed E-state index contributed by atoms with van der Waals surface area (Å²) in [6.45, 7) is 17.5. The first-order chi connectivity index (χ1) is 15.7. The van der Waals surface area contributed by atoms with Gasteiger partial charge in [-0.2, -0.15) is 0 Å². The number of aliphatic imine (C=N–C) groups is 1. The highest BCUT2D eigenvalue weighted by atomic mass is 16.5. The van der Waals surface area contributed by atoms with Crippen LogP contribution in [-0.4, -0.2) is 60.2 Å². The third kappa shape index (κ3) is 6.81. The molecule has 0 radical (unpaired) electrons. The van der Waals surface area contributed by atoms with Crippen molar-refractivity contribution in [2.45, 2.75) is 60.2 Å². The molecule has 1 aliphatic rings. The Hall–Kier alpha value is -2.38. The number of hydrogen-bond acceptors (Lipinski definition) is 5. The van der Waals surface area contributed by atoms with Gasteiger partial charge in [0.05, 0.1) is 12.2 Å². The maximum absolute atomic E-state index is 5.48. The fourth-order valence-electron chi connectivity index (χ4n) is 4.09. The molecule has 2 heterocycles. The van der Waals surface area contributed by atoms with Crippen molar-refractivity contribution >= 4 is 5.96 Å². The Morgan fingerprint density at radius 1 is 0.938 bits per heavy atom. The molecule has 0 bridgehead atoms. The van der Waals surface area contributed by atoms with Crippen LogP contribution in [0.3, 0.4) is 0 Å². The van der Waals surface area contributed by atoms with Crippen LogP contribution in [0.4, 0.5) is 0 Å². The van der Waals surface area contributed by atoms with Crippen molar-refractivity contribution in [3.05, 3.63) is 52.4 Å². The van der Waals surface area contributed by atoms with Crippen LogP contribution < -0.4 is 10.6 Å². The highest BCUT2D eigenvalue weighted by Gasteiger charge is 2.15. The van der Waals surface area contributed by atoms with E-state index in [1.165, 1.54) is 24.2 Å². The number of hydrogen-bond donors (Lipinski definition) is 2. The van der Waals surface area contributed by atoms with E-state index in [0.29, 0.717) is 13.1 Å². The average Bonchev–Trinajstić information content (AvgIpc) is 3.24. The highest BCUT2D eigenvalue weighted by molar-refractivity contribution is 5.79. The predicted molar refractivity (Wildman–Crippen MR) is 131 cm³/mol. The van der Waals surface area contributed by atoms with Gasteiger partial charge in [0.2, 0.25) is 0 Å². The van der Waals surface area contributed by atoms with Gasteiger partial charge in [0, 0.05) is 57.8 Å². The first kappa shape index (κ1) is 24.3. The van der Waals surface area contributed by atoms with Gasteiger partial charge < -0.3 is 20.1 Å². The van der Waals surface area contributed by atoms with E-state index >= 15 is 0 Å². The Morgan fingerprint density at radius 3 is 2.25 bits per heavy atom. The molecule has 1 aliphatic heterocycles. The lowest BCUT2D eigenvalue weighted by Crippen LogP contribution is -2.45. The normalized spacial score (nSPS) is 15.8. The summed E-state index contributed by atoms with van der Waals surface area (Å²) in [6.07, 6.45) is 1.72. The standard InChI is InChI=1S/C25H40N6O/c1-5-23-22(24(6-2)32-29-23)18-28-25(26-7-3)27-17-20-9-11-21(12-10-20)19-31-15-13-30(8-4)14-16-31/h9-12H,5-8,13-19H2,1-4H3,(H2,26,27,28). The van der Waals surface area contributed by atoms with Crippen molar-refractivity contribution in [1.29, 1.82) is 0 Å². The van der Waals surface area contributed by atoms with E-state index < -0.39 is 0 Å². The average molecular weight is 441 g/mol. The molecule has 0 atom stereocenters. The van der Waals surface area contributed by atoms with Crippen LogP contribution in [0.15, 0.2) is 33.8 Å². The van der Waals surface area contributed by atoms with Crippen molar-refractivity contribution in [3.8, 4) is 0 Å². The van der Waals surface area contributed by atoms with E-state index in [9.17, 15) is 0 Å². The maximum Gasteiger partial charge on any atom is 0.191 e. The highest BCUT2D eigenvalue weighted by Crippen LogP contribution is 2.15. The van der Waals surface area contributed by atoms with Crippen molar-refractivity contribution in [2.75, 3.05) is 39.3 Å². The van der Waals surface area contributed by atoms with Crippen molar-refractivity contribution < 1.29 is 4.52 Å². The topological polar surface area (TPSA) is 68.9 Å². The fraction of sp³-hybridized carbons (Fsp3) is 0.600. The predicted octanol–water partition coefficient (Wildman–Crippen LogP) is 3.19. The van der Waals surface area contributed by atoms with E-state index in [-0.39, 0.29) is 0 Å². The summed E-state index contributed by atoms with van der Waals surface area (Å²) in [5.74, 6) is 1.77. The molecule has 0 saturated carbocycles. The quantitative estimate of drug-likeness (QED) is 0.437. The van der Waals surface area contributed by atoms with Gasteiger partial charge in [-0.05, 0) is 31.0 Å². The zero-order valence-corrected chi connectivity index (χ0v) is 20.3. The second-order valence-electron chi connectivity index (χ2n) is 8.31. The van der Waals surface area contributed by atoms with Crippen LogP contribution >= 0.6 is 0 Å². The SMILES string of the molecule is CCNC(=NCc1ccc(CN2CCN(CC)CC2)cc1)NCc1c(CC)noc1CC. The first-order valence-electron chi connectivity index (χ1n) is 12.2. The summed E-state index contributed by atoms with van der Waals surface area (Å²) >= 11 is 0. The Morgan fingerprint density at radius 2 is 1.62 bits per heavy atom. The monoisotopic (exact) mass is 440 g/mol. The molecule has 2 aromatic rings. The molecule has 0 unspecified atom stereocenters. The molecule has 1 aromatic carbocycles. The van der Waals surface area contributed by atoms with Gasteiger partial charge >= 0.3 is 0 Å². The lowest BCUT2D eigenvalue weighted by molar-refractivity contribution is 0.132. The minimum atomic E-state index is 0.649. The van der Waals surface area contributed by atoms with Gasteiger partial charge in [0.15, 0.2) is 5.96 Å². The molecule has 3 rings (SSSR count). The zero-order chi connectivity index (χ0) is 22.8. The Balaban J connectivity index is 1.54. The van der Waals surface area contributed by atoms with Crippen molar-refractivity contribution in [2.24, 2.45) is 4.99 Å². The molecule has 0 spiro atoms. The van der Waals surface area contributed by atoms with Crippen molar-refractivity contribution in [1.82, 2.24) is 25.6 Å². The van der Waals surface area contributed by atoms with Crippen LogP contribution in [0.25, 0.3) is 0 Å². The van der Waals surface area contributed by atoms with E-state index in [4.69, 9.17) is 9.52 Å². The number of likely N-dealkylation sites (N-methyl/N-ethyl adjacent to an activating group) is 1. The first-order valence-corrected chi connectivity index (χ1v) is 12.2. The minimum Gasteiger partial charge on any atom is -0.361 e. The van der Waals surface area contributed by atoms with Gasteiger partial charge in [-0.1, -0.05) is 50.2 Å². The smallest absolute Gasteiger partial charge is 0.191 e. The number of benzene rings is 1. The summed E-state index contributed by atoms with van der Waals surface area (Å²) in [5.41, 5.74) is 4.77. The molecular weight excluding hydrogens is 400 g/mol. The van der Waals surface area contributed by atoms with Gasteiger partial charge in [-0.15, -0.1) is 0 Å². The number of piperazine rings is 1. The summed E-state index contributed by atoms with van der Waals surface area (Å²) in [6, 6.07) is 8.90. The molecule has 7 nitrogen and oxygen atoms in total. The third-order valence-corrected chi connectivity index (χ3v) is 6.14. The minimum absolute atomic E-state index is 0.649. The van der Waals surface area contributed by atoms with Crippen LogP contribution in [0.2, 0.25) is 0 Å². The summed E-state index contributed by atoms with van der Waals surface area (Å²) in [5, 5.41) is 11.0. The van der Waals surface area contributed by atoms with Crippen molar-refractivity contribution in [3.63, 3.8) is 0 Å². The van der Waals surface area contributed by atoms with Gasteiger partial charge in [-0.25, -0.2) is 4.99 Å². The number of rotatable bonds is 10. The lowest BCUT2D eigenvalue weighted by Gasteiger charge is -2.34. The molecule has 0 amide bonds. The Labute approximate surface area is 193 Å². The second-order valence-corrected chi connectivity index (χ2v) is 8.31. The van der Waals surface area contributed by atoms with Gasteiger partial charge in [-0.3, -0.25) is 4.90 Å². The molecule has 0 aliphatic carbocycles. The molecule has 7 heteroatoms. The number of guanidine groups is 1. The summed E-state index contributed by atoms with van der Waals surface area (Å²) in [4.78, 5) is 9.85. The van der Waals surface area contributed by atoms with Crippen LogP contribution in [0.1, 0.15) is 55.8 Å². The third-order valence-electron chi connectivity index (χ3n) is 6.14. The largest absolute Gasteiger partial charge is 0.361 e.